The van der Waals surface area contributed by atoms with Crippen LogP contribution in [-0.2, 0) is 13.0 Å². The first-order chi connectivity index (χ1) is 14.6. The lowest BCUT2D eigenvalue weighted by Crippen LogP contribution is -2.22. The Labute approximate surface area is 171 Å². The molecular weight excluding hydrogens is 378 g/mol. The molecule has 0 fully saturated rings. The smallest absolute Gasteiger partial charge is 0.408 e. The van der Waals surface area contributed by atoms with Crippen LogP contribution in [0.1, 0.15) is 27.2 Å². The molecule has 2 heterocycles. The molecule has 5 rings (SSSR count). The van der Waals surface area contributed by atoms with Crippen LogP contribution in [0.5, 0.6) is 0 Å². The van der Waals surface area contributed by atoms with Crippen LogP contribution in [0, 0.1) is 0 Å². The molecule has 0 aliphatic heterocycles. The van der Waals surface area contributed by atoms with Crippen molar-refractivity contribution in [1.29, 1.82) is 0 Å². The van der Waals surface area contributed by atoms with Crippen LogP contribution in [0.15, 0.2) is 82.0 Å². The molecule has 0 aliphatic carbocycles. The van der Waals surface area contributed by atoms with Crippen molar-refractivity contribution in [3.8, 4) is 0 Å². The summed E-state index contributed by atoms with van der Waals surface area (Å²) in [5, 5.41) is 4.03. The van der Waals surface area contributed by atoms with Gasteiger partial charge in [0.2, 0.25) is 0 Å². The van der Waals surface area contributed by atoms with E-state index in [0.717, 1.165) is 28.6 Å². The predicted octanol–water partition coefficient (Wildman–Crippen LogP) is 4.12. The molecule has 0 aliphatic rings. The highest BCUT2D eigenvalue weighted by Crippen LogP contribution is 2.20. The first-order valence-electron chi connectivity index (χ1n) is 9.69. The van der Waals surface area contributed by atoms with Gasteiger partial charge in [0.15, 0.2) is 5.58 Å². The highest BCUT2D eigenvalue weighted by molar-refractivity contribution is 5.97. The number of fused-ring (bicyclic) bond motifs is 2. The SMILES string of the molecule is O=C(NCc1ccc2[nH]c(Cc3ccccc3)cc2c1)c1ccc2[nH]c(=O)oc2c1. The van der Waals surface area contributed by atoms with Crippen LogP contribution in [0.25, 0.3) is 22.0 Å². The molecule has 3 N–H and O–H groups in total. The van der Waals surface area contributed by atoms with Crippen LogP contribution >= 0.6 is 0 Å². The van der Waals surface area contributed by atoms with E-state index in [0.29, 0.717) is 23.2 Å². The van der Waals surface area contributed by atoms with Crippen LogP contribution < -0.4 is 11.1 Å². The quantitative estimate of drug-likeness (QED) is 0.417. The summed E-state index contributed by atoms with van der Waals surface area (Å²) in [6, 6.07) is 23.5. The van der Waals surface area contributed by atoms with Crippen molar-refractivity contribution >= 4 is 27.9 Å². The molecule has 6 heteroatoms. The lowest BCUT2D eigenvalue weighted by Gasteiger charge is -2.05. The molecule has 3 aromatic carbocycles. The van der Waals surface area contributed by atoms with E-state index in [1.54, 1.807) is 18.2 Å². The van der Waals surface area contributed by atoms with Gasteiger partial charge in [-0.1, -0.05) is 36.4 Å². The third-order valence-corrected chi connectivity index (χ3v) is 5.11. The summed E-state index contributed by atoms with van der Waals surface area (Å²) in [5.41, 5.74) is 5.87. The van der Waals surface area contributed by atoms with Crippen LogP contribution in [0.2, 0.25) is 0 Å². The van der Waals surface area contributed by atoms with E-state index in [9.17, 15) is 9.59 Å². The average Bonchev–Trinajstić information content (AvgIpc) is 3.33. The monoisotopic (exact) mass is 397 g/mol. The Hall–Kier alpha value is -4.06. The zero-order valence-electron chi connectivity index (χ0n) is 16.1. The first kappa shape index (κ1) is 18.0. The minimum absolute atomic E-state index is 0.223. The molecule has 148 valence electrons. The van der Waals surface area contributed by atoms with Gasteiger partial charge in [0.1, 0.15) is 0 Å². The van der Waals surface area contributed by atoms with Crippen LogP contribution in [-0.4, -0.2) is 15.9 Å². The zero-order valence-corrected chi connectivity index (χ0v) is 16.1. The van der Waals surface area contributed by atoms with Gasteiger partial charge in [-0.3, -0.25) is 9.78 Å². The number of hydrogen-bond donors (Lipinski definition) is 3. The van der Waals surface area contributed by atoms with Crippen molar-refractivity contribution in [2.45, 2.75) is 13.0 Å². The standard InChI is InChI=1S/C24H19N3O3/c28-23(17-7-9-21-22(13-17)30-24(29)27-21)25-14-16-6-8-20-18(10-16)12-19(26-20)11-15-4-2-1-3-5-15/h1-10,12-13,26H,11,14H2,(H,25,28)(H,27,29). The molecular formula is C24H19N3O3. The van der Waals surface area contributed by atoms with E-state index < -0.39 is 5.76 Å². The molecule has 0 bridgehead atoms. The van der Waals surface area contributed by atoms with Crippen LogP contribution in [0.3, 0.4) is 0 Å². The van der Waals surface area contributed by atoms with Crippen molar-refractivity contribution in [1.82, 2.24) is 15.3 Å². The molecule has 6 nitrogen and oxygen atoms in total. The molecule has 0 saturated carbocycles. The second-order valence-corrected chi connectivity index (χ2v) is 7.29. The van der Waals surface area contributed by atoms with E-state index in [1.807, 2.05) is 30.3 Å². The Balaban J connectivity index is 1.29. The molecule has 0 atom stereocenters. The first-order valence-corrected chi connectivity index (χ1v) is 9.69. The number of aromatic amines is 2. The number of oxazole rings is 1. The topological polar surface area (TPSA) is 90.9 Å². The Morgan fingerprint density at radius 3 is 2.57 bits per heavy atom. The summed E-state index contributed by atoms with van der Waals surface area (Å²) in [4.78, 5) is 29.8. The van der Waals surface area contributed by atoms with Crippen molar-refractivity contribution in [2.24, 2.45) is 0 Å². The van der Waals surface area contributed by atoms with Gasteiger partial charge in [-0.15, -0.1) is 0 Å². The Morgan fingerprint density at radius 1 is 0.867 bits per heavy atom. The normalized spacial score (nSPS) is 11.2. The molecule has 0 radical (unpaired) electrons. The number of benzene rings is 3. The fraction of sp³-hybridized carbons (Fsp3) is 0.0833. The third kappa shape index (κ3) is 3.63. The summed E-state index contributed by atoms with van der Waals surface area (Å²) in [7, 11) is 0. The van der Waals surface area contributed by atoms with Gasteiger partial charge in [0.05, 0.1) is 5.52 Å². The molecule has 2 aromatic heterocycles. The molecule has 30 heavy (non-hydrogen) atoms. The van der Waals surface area contributed by atoms with Gasteiger partial charge < -0.3 is 14.7 Å². The number of hydrogen-bond acceptors (Lipinski definition) is 3. The Bertz CT molecular complexity index is 1410. The number of aromatic nitrogens is 2. The number of carbonyl (C=O) groups excluding carboxylic acids is 1. The molecule has 0 unspecified atom stereocenters. The van der Waals surface area contributed by atoms with E-state index in [-0.39, 0.29) is 5.91 Å². The largest absolute Gasteiger partial charge is 0.417 e. The van der Waals surface area contributed by atoms with Gasteiger partial charge in [0.25, 0.3) is 5.91 Å². The van der Waals surface area contributed by atoms with Gasteiger partial charge in [0, 0.05) is 29.7 Å². The Kier molecular flexibility index (Phi) is 4.44. The van der Waals surface area contributed by atoms with E-state index >= 15 is 0 Å². The van der Waals surface area contributed by atoms with E-state index in [1.165, 1.54) is 5.56 Å². The summed E-state index contributed by atoms with van der Waals surface area (Å²) in [6.45, 7) is 0.406. The summed E-state index contributed by atoms with van der Waals surface area (Å²) >= 11 is 0. The predicted molar refractivity (Wildman–Crippen MR) is 116 cm³/mol. The van der Waals surface area contributed by atoms with Gasteiger partial charge >= 0.3 is 5.76 Å². The number of nitrogens with one attached hydrogen (secondary N) is 3. The Morgan fingerprint density at radius 2 is 1.70 bits per heavy atom. The second kappa shape index (κ2) is 7.40. The maximum Gasteiger partial charge on any atom is 0.417 e. The fourth-order valence-corrected chi connectivity index (χ4v) is 3.63. The summed E-state index contributed by atoms with van der Waals surface area (Å²) in [6.07, 6.45) is 0.847. The minimum atomic E-state index is -0.533. The number of rotatable bonds is 5. The van der Waals surface area contributed by atoms with Crippen molar-refractivity contribution in [2.75, 3.05) is 0 Å². The lowest BCUT2D eigenvalue weighted by molar-refractivity contribution is 0.0951. The average molecular weight is 397 g/mol. The molecule has 0 spiro atoms. The third-order valence-electron chi connectivity index (χ3n) is 5.11. The van der Waals surface area contributed by atoms with Crippen molar-refractivity contribution in [3.05, 3.63) is 106 Å². The maximum atomic E-state index is 12.5. The molecule has 5 aromatic rings. The van der Waals surface area contributed by atoms with Gasteiger partial charge in [-0.25, -0.2) is 4.79 Å². The minimum Gasteiger partial charge on any atom is -0.408 e. The number of carbonyl (C=O) groups is 1. The highest BCUT2D eigenvalue weighted by Gasteiger charge is 2.10. The zero-order chi connectivity index (χ0) is 20.5. The lowest BCUT2D eigenvalue weighted by atomic mass is 10.1. The number of H-pyrrole nitrogens is 2. The van der Waals surface area contributed by atoms with Crippen LogP contribution in [0.4, 0.5) is 0 Å². The maximum absolute atomic E-state index is 12.5. The van der Waals surface area contributed by atoms with Crippen molar-refractivity contribution in [3.63, 3.8) is 0 Å². The van der Waals surface area contributed by atoms with E-state index in [2.05, 4.69) is 39.6 Å². The molecule has 1 amide bonds. The fourth-order valence-electron chi connectivity index (χ4n) is 3.63. The molecule has 0 saturated heterocycles. The summed E-state index contributed by atoms with van der Waals surface area (Å²) in [5.74, 6) is -0.756. The van der Waals surface area contributed by atoms with Crippen molar-refractivity contribution < 1.29 is 9.21 Å². The highest BCUT2D eigenvalue weighted by atomic mass is 16.4. The summed E-state index contributed by atoms with van der Waals surface area (Å²) < 4.78 is 5.02. The van der Waals surface area contributed by atoms with E-state index in [4.69, 9.17) is 4.42 Å². The second-order valence-electron chi connectivity index (χ2n) is 7.29. The van der Waals surface area contributed by atoms with Gasteiger partial charge in [-0.2, -0.15) is 0 Å². The number of amides is 1. The van der Waals surface area contributed by atoms with Gasteiger partial charge in [-0.05, 0) is 52.9 Å².